The lowest BCUT2D eigenvalue weighted by Crippen LogP contribution is -2.73. The van der Waals surface area contributed by atoms with Crippen LogP contribution in [0.4, 0.5) is 0 Å². The van der Waals surface area contributed by atoms with Crippen LogP contribution < -0.4 is 10.6 Å². The van der Waals surface area contributed by atoms with Crippen molar-refractivity contribution in [3.8, 4) is 0 Å². The van der Waals surface area contributed by atoms with Crippen molar-refractivity contribution in [2.24, 2.45) is 0 Å². The number of esters is 1. The summed E-state index contributed by atoms with van der Waals surface area (Å²) in [6, 6.07) is -0.119. The number of piperazine rings is 1. The largest absolute Gasteiger partial charge is 0.467 e. The molecule has 0 aromatic rings. The molecule has 0 aliphatic carbocycles. The predicted octanol–water partition coefficient (Wildman–Crippen LogP) is -1.22. The summed E-state index contributed by atoms with van der Waals surface area (Å²) in [4.78, 5) is 22.7. The molecule has 3 saturated heterocycles. The zero-order chi connectivity index (χ0) is 9.47. The Morgan fingerprint density at radius 1 is 1.69 bits per heavy atom. The molecule has 72 valence electrons. The fraction of sp³-hybridized carbons (Fsp3) is 0.750. The van der Waals surface area contributed by atoms with Crippen LogP contribution in [-0.4, -0.2) is 37.1 Å². The van der Waals surface area contributed by atoms with Crippen LogP contribution in [0.3, 0.4) is 0 Å². The first kappa shape index (κ1) is 8.50. The number of piperidine rings is 2. The van der Waals surface area contributed by atoms with Gasteiger partial charge >= 0.3 is 5.97 Å². The van der Waals surface area contributed by atoms with Crippen LogP contribution in [0.2, 0.25) is 0 Å². The molecule has 2 N–H and O–H groups in total. The van der Waals surface area contributed by atoms with Crippen LogP contribution in [0.15, 0.2) is 0 Å². The lowest BCUT2D eigenvalue weighted by Gasteiger charge is -2.44. The second kappa shape index (κ2) is 2.70. The Hall–Kier alpha value is -1.10. The smallest absolute Gasteiger partial charge is 0.332 e. The van der Waals surface area contributed by atoms with Gasteiger partial charge in [-0.1, -0.05) is 0 Å². The van der Waals surface area contributed by atoms with Crippen molar-refractivity contribution in [2.75, 3.05) is 13.7 Å². The number of methoxy groups -OCH3 is 1. The van der Waals surface area contributed by atoms with E-state index in [1.54, 1.807) is 0 Å². The first-order valence-electron chi connectivity index (χ1n) is 4.32. The van der Waals surface area contributed by atoms with E-state index in [0.717, 1.165) is 0 Å². The Kier molecular flexibility index (Phi) is 1.76. The van der Waals surface area contributed by atoms with Gasteiger partial charge in [0.25, 0.3) is 0 Å². The number of carbonyl (C=O) groups excluding carboxylic acids is 2. The van der Waals surface area contributed by atoms with E-state index in [9.17, 15) is 9.59 Å². The van der Waals surface area contributed by atoms with Gasteiger partial charge in [-0.05, 0) is 12.8 Å². The molecular weight excluding hydrogens is 172 g/mol. The number of ether oxygens (including phenoxy) is 1. The van der Waals surface area contributed by atoms with E-state index in [-0.39, 0.29) is 17.9 Å². The number of nitrogens with one attached hydrogen (secondary N) is 2. The van der Waals surface area contributed by atoms with Crippen LogP contribution in [0.5, 0.6) is 0 Å². The highest BCUT2D eigenvalue weighted by Crippen LogP contribution is 2.25. The van der Waals surface area contributed by atoms with E-state index in [4.69, 9.17) is 0 Å². The number of amides is 1. The Morgan fingerprint density at radius 3 is 2.92 bits per heavy atom. The maximum absolute atomic E-state index is 11.4. The summed E-state index contributed by atoms with van der Waals surface area (Å²) in [7, 11) is 1.34. The molecule has 0 saturated carbocycles. The highest BCUT2D eigenvalue weighted by Gasteiger charge is 2.50. The van der Waals surface area contributed by atoms with Crippen LogP contribution in [0.1, 0.15) is 12.8 Å². The van der Waals surface area contributed by atoms with Crippen LogP contribution in [0.25, 0.3) is 0 Å². The van der Waals surface area contributed by atoms with E-state index < -0.39 is 5.54 Å². The van der Waals surface area contributed by atoms with Gasteiger partial charge in [-0.2, -0.15) is 0 Å². The fourth-order valence-corrected chi connectivity index (χ4v) is 1.95. The molecule has 0 aromatic heterocycles. The number of hydrogen-bond acceptors (Lipinski definition) is 4. The van der Waals surface area contributed by atoms with Crippen molar-refractivity contribution in [3.05, 3.63) is 0 Å². The lowest BCUT2D eigenvalue weighted by molar-refractivity contribution is -0.156. The number of rotatable bonds is 1. The number of fused-ring (bicyclic) bond motifs is 3. The Labute approximate surface area is 75.8 Å². The third kappa shape index (κ3) is 1.11. The third-order valence-corrected chi connectivity index (χ3v) is 2.77. The molecule has 1 amide bonds. The van der Waals surface area contributed by atoms with Gasteiger partial charge in [0.05, 0.1) is 13.2 Å². The van der Waals surface area contributed by atoms with E-state index in [1.165, 1.54) is 7.11 Å². The standard InChI is InChI=1S/C8H12N2O3/c1-13-7(12)8-3-2-5(9-4-8)6(11)10-8/h5,9H,2-4H2,1H3,(H,10,11). The second-order valence-electron chi connectivity index (χ2n) is 3.54. The zero-order valence-corrected chi connectivity index (χ0v) is 7.42. The monoisotopic (exact) mass is 184 g/mol. The molecule has 0 radical (unpaired) electrons. The van der Waals surface area contributed by atoms with Gasteiger partial charge in [0.15, 0.2) is 5.54 Å². The topological polar surface area (TPSA) is 67.4 Å². The summed E-state index contributed by atoms with van der Waals surface area (Å²) in [5.74, 6) is -0.450. The van der Waals surface area contributed by atoms with Crippen molar-refractivity contribution in [3.63, 3.8) is 0 Å². The van der Waals surface area contributed by atoms with E-state index in [1.807, 2.05) is 0 Å². The molecule has 2 unspecified atom stereocenters. The maximum atomic E-state index is 11.4. The minimum atomic E-state index is -0.805. The first-order chi connectivity index (χ1) is 6.18. The van der Waals surface area contributed by atoms with Crippen molar-refractivity contribution in [2.45, 2.75) is 24.4 Å². The summed E-state index contributed by atoms with van der Waals surface area (Å²) in [6.45, 7) is 0.482. The summed E-state index contributed by atoms with van der Waals surface area (Å²) in [5, 5.41) is 5.72. The number of carbonyl (C=O) groups is 2. The second-order valence-corrected chi connectivity index (χ2v) is 3.54. The van der Waals surface area contributed by atoms with E-state index >= 15 is 0 Å². The average Bonchev–Trinajstić information content (AvgIpc) is 2.18. The summed E-state index contributed by atoms with van der Waals surface area (Å²) < 4.78 is 4.66. The summed E-state index contributed by atoms with van der Waals surface area (Å²) >= 11 is 0. The van der Waals surface area contributed by atoms with Crippen molar-refractivity contribution in [1.29, 1.82) is 0 Å². The summed E-state index contributed by atoms with van der Waals surface area (Å²) in [5.41, 5.74) is -0.805. The molecule has 5 heteroatoms. The predicted molar refractivity (Wildman–Crippen MR) is 43.9 cm³/mol. The normalized spacial score (nSPS) is 37.0. The molecule has 3 aliphatic rings. The molecule has 2 bridgehead atoms. The zero-order valence-electron chi connectivity index (χ0n) is 7.42. The average molecular weight is 184 g/mol. The van der Waals surface area contributed by atoms with Crippen LogP contribution in [0, 0.1) is 0 Å². The lowest BCUT2D eigenvalue weighted by atomic mass is 9.82. The molecule has 0 aromatic carbocycles. The van der Waals surface area contributed by atoms with E-state index in [0.29, 0.717) is 19.4 Å². The molecule has 13 heavy (non-hydrogen) atoms. The van der Waals surface area contributed by atoms with Crippen molar-refractivity contribution < 1.29 is 14.3 Å². The molecule has 3 aliphatic heterocycles. The van der Waals surface area contributed by atoms with Crippen LogP contribution >= 0.6 is 0 Å². The molecule has 0 spiro atoms. The van der Waals surface area contributed by atoms with Gasteiger partial charge < -0.3 is 15.4 Å². The van der Waals surface area contributed by atoms with Gasteiger partial charge in [-0.25, -0.2) is 4.79 Å². The van der Waals surface area contributed by atoms with E-state index in [2.05, 4.69) is 15.4 Å². The fourth-order valence-electron chi connectivity index (χ4n) is 1.95. The number of hydrogen-bond donors (Lipinski definition) is 2. The minimum absolute atomic E-state index is 0.0945. The maximum Gasteiger partial charge on any atom is 0.332 e. The molecule has 3 heterocycles. The van der Waals surface area contributed by atoms with Gasteiger partial charge in [0.1, 0.15) is 0 Å². The Morgan fingerprint density at radius 2 is 2.46 bits per heavy atom. The van der Waals surface area contributed by atoms with Crippen LogP contribution in [-0.2, 0) is 14.3 Å². The highest BCUT2D eigenvalue weighted by molar-refractivity contribution is 5.93. The van der Waals surface area contributed by atoms with Gasteiger partial charge in [-0.15, -0.1) is 0 Å². The Bertz CT molecular complexity index is 256. The van der Waals surface area contributed by atoms with Gasteiger partial charge in [-0.3, -0.25) is 4.79 Å². The molecule has 3 fully saturated rings. The first-order valence-corrected chi connectivity index (χ1v) is 4.32. The minimum Gasteiger partial charge on any atom is -0.467 e. The molecule has 2 atom stereocenters. The Balaban J connectivity index is 2.22. The molecule has 5 nitrogen and oxygen atoms in total. The van der Waals surface area contributed by atoms with Gasteiger partial charge in [0, 0.05) is 6.54 Å². The molecule has 3 rings (SSSR count). The molecular formula is C8H12N2O3. The van der Waals surface area contributed by atoms with Crippen molar-refractivity contribution >= 4 is 11.9 Å². The SMILES string of the molecule is COC(=O)C12CCC(NC1)C(=O)N2. The van der Waals surface area contributed by atoms with Gasteiger partial charge in [0.2, 0.25) is 5.91 Å². The summed E-state index contributed by atoms with van der Waals surface area (Å²) in [6.07, 6.45) is 1.38. The quantitative estimate of drug-likeness (QED) is 0.501. The van der Waals surface area contributed by atoms with Crippen molar-refractivity contribution in [1.82, 2.24) is 10.6 Å². The highest BCUT2D eigenvalue weighted by atomic mass is 16.5. The third-order valence-electron chi connectivity index (χ3n) is 2.77.